The first-order valence-corrected chi connectivity index (χ1v) is 15.1. The molecule has 10 heteroatoms. The van der Waals surface area contributed by atoms with Gasteiger partial charge in [-0.25, -0.2) is 13.6 Å². The third-order valence-electron chi connectivity index (χ3n) is 8.50. The van der Waals surface area contributed by atoms with Crippen LogP contribution in [0.15, 0.2) is 35.9 Å². The zero-order valence-electron chi connectivity index (χ0n) is 25.2. The van der Waals surface area contributed by atoms with Crippen molar-refractivity contribution in [1.82, 2.24) is 9.80 Å². The van der Waals surface area contributed by atoms with Crippen LogP contribution in [0.4, 0.5) is 19.3 Å². The summed E-state index contributed by atoms with van der Waals surface area (Å²) in [6, 6.07) is 4.60. The number of carbonyl (C=O) groups excluding carboxylic acids is 2. The summed E-state index contributed by atoms with van der Waals surface area (Å²) >= 11 is 0. The molecule has 3 aliphatic heterocycles. The third kappa shape index (κ3) is 8.77. The Balaban J connectivity index is 1.56. The second kappa shape index (κ2) is 14.5. The fourth-order valence-corrected chi connectivity index (χ4v) is 5.79. The lowest BCUT2D eigenvalue weighted by Gasteiger charge is -2.33. The monoisotopic (exact) mass is 589 g/mol. The smallest absolute Gasteiger partial charge is 0.410 e. The van der Waals surface area contributed by atoms with Gasteiger partial charge in [0, 0.05) is 50.9 Å². The van der Waals surface area contributed by atoms with Gasteiger partial charge in [0.1, 0.15) is 24.2 Å². The van der Waals surface area contributed by atoms with Crippen LogP contribution in [0.1, 0.15) is 52.0 Å². The molecule has 42 heavy (non-hydrogen) atoms. The molecule has 3 aliphatic rings. The van der Waals surface area contributed by atoms with Crippen LogP contribution in [-0.4, -0.2) is 97.8 Å². The summed E-state index contributed by atoms with van der Waals surface area (Å²) in [5, 5.41) is 10.6. The van der Waals surface area contributed by atoms with E-state index >= 15 is 0 Å². The molecular formula is C32H45F2N3O5. The van der Waals surface area contributed by atoms with Crippen molar-refractivity contribution in [2.75, 3.05) is 51.2 Å². The van der Waals surface area contributed by atoms with E-state index in [1.54, 1.807) is 11.0 Å². The molecule has 0 aliphatic carbocycles. The Bertz CT molecular complexity index is 1150. The van der Waals surface area contributed by atoms with Gasteiger partial charge in [-0.05, 0) is 74.6 Å². The Hall–Kier alpha value is -2.98. The molecule has 0 bridgehead atoms. The average molecular weight is 590 g/mol. The van der Waals surface area contributed by atoms with Crippen LogP contribution >= 0.6 is 0 Å². The van der Waals surface area contributed by atoms with E-state index in [-0.39, 0.29) is 30.9 Å². The fourth-order valence-electron chi connectivity index (χ4n) is 5.79. The van der Waals surface area contributed by atoms with Crippen LogP contribution in [0.2, 0.25) is 0 Å². The molecule has 0 unspecified atom stereocenters. The lowest BCUT2D eigenvalue weighted by Crippen LogP contribution is -2.48. The van der Waals surface area contributed by atoms with Crippen LogP contribution in [0.5, 0.6) is 0 Å². The van der Waals surface area contributed by atoms with Gasteiger partial charge in [-0.15, -0.1) is 0 Å². The number of alkyl halides is 1. The topological polar surface area (TPSA) is 82.5 Å². The molecule has 232 valence electrons. The van der Waals surface area contributed by atoms with Gasteiger partial charge in [-0.3, -0.25) is 4.79 Å². The first-order chi connectivity index (χ1) is 20.0. The van der Waals surface area contributed by atoms with Crippen molar-refractivity contribution in [3.63, 3.8) is 0 Å². The third-order valence-corrected chi connectivity index (χ3v) is 8.50. The van der Waals surface area contributed by atoms with Crippen molar-refractivity contribution in [3.05, 3.63) is 47.3 Å². The van der Waals surface area contributed by atoms with Crippen LogP contribution in [0.25, 0.3) is 6.08 Å². The van der Waals surface area contributed by atoms with E-state index in [4.69, 9.17) is 9.47 Å². The summed E-state index contributed by atoms with van der Waals surface area (Å²) in [4.78, 5) is 31.5. The zero-order valence-corrected chi connectivity index (χ0v) is 25.2. The van der Waals surface area contributed by atoms with E-state index in [2.05, 4.69) is 4.90 Å². The number of likely N-dealkylation sites (N-methyl/N-ethyl adjacent to an activating group) is 1. The number of benzene rings is 1. The molecule has 1 amide bonds. The van der Waals surface area contributed by atoms with E-state index < -0.39 is 36.3 Å². The molecule has 8 nitrogen and oxygen atoms in total. The Labute approximate surface area is 247 Å². The number of anilines is 1. The van der Waals surface area contributed by atoms with Crippen molar-refractivity contribution < 1.29 is 33.0 Å². The summed E-state index contributed by atoms with van der Waals surface area (Å²) in [5.41, 5.74) is 1.88. The minimum atomic E-state index is -0.931. The van der Waals surface area contributed by atoms with Gasteiger partial charge in [0.05, 0.1) is 12.5 Å². The second-order valence-electron chi connectivity index (χ2n) is 12.2. The summed E-state index contributed by atoms with van der Waals surface area (Å²) in [7, 11) is 2.02. The quantitative estimate of drug-likeness (QED) is 0.399. The highest BCUT2D eigenvalue weighted by molar-refractivity contribution is 5.71. The number of carbonyl (C=O) groups is 2. The first kappa shape index (κ1) is 31.9. The van der Waals surface area contributed by atoms with Crippen molar-refractivity contribution in [3.8, 4) is 0 Å². The van der Waals surface area contributed by atoms with Crippen molar-refractivity contribution in [1.29, 1.82) is 0 Å². The van der Waals surface area contributed by atoms with Gasteiger partial charge < -0.3 is 29.3 Å². The number of cyclic esters (lactones) is 1. The maximum atomic E-state index is 14.6. The minimum Gasteiger partial charge on any atom is -0.457 e. The highest BCUT2D eigenvalue weighted by Gasteiger charge is 2.29. The summed E-state index contributed by atoms with van der Waals surface area (Å²) in [6.45, 7) is 9.23. The van der Waals surface area contributed by atoms with Gasteiger partial charge in [-0.2, -0.15) is 0 Å². The number of aliphatic hydroxyl groups is 1. The van der Waals surface area contributed by atoms with E-state index in [0.29, 0.717) is 55.7 Å². The van der Waals surface area contributed by atoms with E-state index in [0.717, 1.165) is 13.1 Å². The first-order valence-electron chi connectivity index (χ1n) is 15.1. The predicted octanol–water partition coefficient (Wildman–Crippen LogP) is 4.81. The minimum absolute atomic E-state index is 0.0785. The van der Waals surface area contributed by atoms with E-state index in [1.165, 1.54) is 12.1 Å². The Morgan fingerprint density at radius 2 is 1.81 bits per heavy atom. The number of ether oxygens (including phenoxy) is 2. The van der Waals surface area contributed by atoms with Gasteiger partial charge in [0.25, 0.3) is 0 Å². The number of hydrogen-bond acceptors (Lipinski definition) is 7. The fraction of sp³-hybridized carbons (Fsp3) is 0.625. The molecule has 2 saturated heterocycles. The molecular weight excluding hydrogens is 544 g/mol. The van der Waals surface area contributed by atoms with Crippen molar-refractivity contribution >= 4 is 23.8 Å². The second-order valence-corrected chi connectivity index (χ2v) is 12.2. The Morgan fingerprint density at radius 1 is 1.07 bits per heavy atom. The lowest BCUT2D eigenvalue weighted by molar-refractivity contribution is -0.151. The average Bonchev–Trinajstić information content (AvgIpc) is 3.38. The molecule has 0 radical (unpaired) electrons. The summed E-state index contributed by atoms with van der Waals surface area (Å²) in [6.07, 6.45) is 3.33. The molecule has 1 N–H and O–H groups in total. The summed E-state index contributed by atoms with van der Waals surface area (Å²) in [5.74, 6) is -1.33. The van der Waals surface area contributed by atoms with Crippen LogP contribution in [-0.2, 0) is 14.3 Å². The summed E-state index contributed by atoms with van der Waals surface area (Å²) < 4.78 is 40.2. The lowest BCUT2D eigenvalue weighted by atomic mass is 9.91. The van der Waals surface area contributed by atoms with Crippen LogP contribution in [0.3, 0.4) is 0 Å². The number of hydrogen-bond donors (Lipinski definition) is 1. The van der Waals surface area contributed by atoms with E-state index in [1.807, 2.05) is 50.9 Å². The predicted molar refractivity (Wildman–Crippen MR) is 158 cm³/mol. The number of amides is 1. The SMILES string of the molecule is C/C(=C\c1cc(F)cc(N2CC[C@@H](F)C2)c1)[C@H]1OC(=O)C[C@H](O)CC[C@H](C)[C@@H](OC(=O)N2CCN(C)CC2)/C=C\[C@@H]1C. The van der Waals surface area contributed by atoms with Gasteiger partial charge in [0.15, 0.2) is 0 Å². The molecule has 1 aromatic rings. The number of nitrogens with zero attached hydrogens (tertiary/aromatic N) is 3. The van der Waals surface area contributed by atoms with Gasteiger partial charge in [-0.1, -0.05) is 26.0 Å². The highest BCUT2D eigenvalue weighted by Crippen LogP contribution is 2.28. The largest absolute Gasteiger partial charge is 0.457 e. The molecule has 4 rings (SSSR count). The maximum absolute atomic E-state index is 14.6. The molecule has 1 aromatic carbocycles. The normalized spacial score (nSPS) is 31.2. The van der Waals surface area contributed by atoms with Crippen LogP contribution in [0, 0.1) is 17.7 Å². The molecule has 0 aromatic heterocycles. The molecule has 3 heterocycles. The van der Waals surface area contributed by atoms with Gasteiger partial charge in [0.2, 0.25) is 0 Å². The van der Waals surface area contributed by atoms with Crippen molar-refractivity contribution in [2.45, 2.75) is 70.9 Å². The molecule has 0 saturated carbocycles. The number of aliphatic hydroxyl groups excluding tert-OH is 1. The molecule has 2 fully saturated rings. The maximum Gasteiger partial charge on any atom is 0.410 e. The zero-order chi connectivity index (χ0) is 30.4. The Morgan fingerprint density at radius 3 is 2.50 bits per heavy atom. The number of halogens is 2. The van der Waals surface area contributed by atoms with Crippen LogP contribution < -0.4 is 4.90 Å². The molecule has 0 spiro atoms. The standard InChI is InChI=1S/C32H45F2N3O5/c1-21-5-7-28(38)19-30(39)42-31(22(2)6-8-29(21)41-32(40)36-13-11-35(4)12-14-36)23(3)15-24-16-26(34)18-27(17-24)37-10-9-25(33)20-37/h6,8,15-18,21-22,25,28-29,31,38H,5,7,9-14,19-20H2,1-4H3/b8-6-,23-15+/t21-,22-,25+,28+,29-,31-/m0/s1. The van der Waals surface area contributed by atoms with Crippen molar-refractivity contribution in [2.24, 2.45) is 11.8 Å². The number of rotatable bonds is 4. The van der Waals surface area contributed by atoms with Gasteiger partial charge >= 0.3 is 12.1 Å². The Kier molecular flexibility index (Phi) is 11.0. The highest BCUT2D eigenvalue weighted by atomic mass is 19.1. The number of esters is 1. The number of piperazine rings is 1. The van der Waals surface area contributed by atoms with E-state index in [9.17, 15) is 23.5 Å². The molecule has 6 atom stereocenters.